The molecule has 0 radical (unpaired) electrons. The van der Waals surface area contributed by atoms with E-state index in [1.54, 1.807) is 17.6 Å². The van der Waals surface area contributed by atoms with Gasteiger partial charge >= 0.3 is 0 Å². The number of hydrogen-bond acceptors (Lipinski definition) is 7. The molecule has 1 aliphatic rings. The maximum atomic E-state index is 14.0. The summed E-state index contributed by atoms with van der Waals surface area (Å²) in [5.74, 6) is -0.183. The molecule has 31 heavy (non-hydrogen) atoms. The van der Waals surface area contributed by atoms with Gasteiger partial charge in [0.25, 0.3) is 11.4 Å². The molecule has 3 aromatic heterocycles. The molecule has 9 nitrogen and oxygen atoms in total. The fourth-order valence-electron chi connectivity index (χ4n) is 4.45. The zero-order valence-corrected chi connectivity index (χ0v) is 17.2. The normalized spacial score (nSPS) is 17.0. The van der Waals surface area contributed by atoms with Gasteiger partial charge in [0.2, 0.25) is 5.82 Å². The second kappa shape index (κ2) is 7.24. The molecule has 1 N–H and O–H groups in total. The zero-order chi connectivity index (χ0) is 21.8. The summed E-state index contributed by atoms with van der Waals surface area (Å²) in [7, 11) is 1.54. The molecule has 1 saturated carbocycles. The summed E-state index contributed by atoms with van der Waals surface area (Å²) in [6.45, 7) is 2.09. The van der Waals surface area contributed by atoms with E-state index in [1.165, 1.54) is 23.0 Å². The SMILES string of the molecule is COCC(C)n1c(=O)c2c(-c3noc(C4(O)CCCC4)n3)ncn2c2ccc(F)cc21. The van der Waals surface area contributed by atoms with E-state index in [4.69, 9.17) is 9.26 Å². The summed E-state index contributed by atoms with van der Waals surface area (Å²) in [6.07, 6.45) is 4.35. The molecule has 1 aromatic carbocycles. The number of methoxy groups -OCH3 is 1. The fourth-order valence-corrected chi connectivity index (χ4v) is 4.45. The highest BCUT2D eigenvalue weighted by atomic mass is 19.1. The van der Waals surface area contributed by atoms with Crippen molar-refractivity contribution in [3.8, 4) is 11.5 Å². The second-order valence-corrected chi connectivity index (χ2v) is 8.09. The Kier molecular flexibility index (Phi) is 4.63. The van der Waals surface area contributed by atoms with E-state index < -0.39 is 11.4 Å². The molecule has 1 unspecified atom stereocenters. The molecule has 5 rings (SSSR count). The van der Waals surface area contributed by atoms with E-state index >= 15 is 0 Å². The van der Waals surface area contributed by atoms with Crippen molar-refractivity contribution in [2.75, 3.05) is 13.7 Å². The van der Waals surface area contributed by atoms with Gasteiger partial charge in [-0.15, -0.1) is 0 Å². The summed E-state index contributed by atoms with van der Waals surface area (Å²) in [5, 5.41) is 14.7. The minimum Gasteiger partial charge on any atom is -0.383 e. The predicted molar refractivity (Wildman–Crippen MR) is 109 cm³/mol. The lowest BCUT2D eigenvalue weighted by molar-refractivity contribution is 0.0112. The topological polar surface area (TPSA) is 108 Å². The zero-order valence-electron chi connectivity index (χ0n) is 17.2. The molecule has 0 spiro atoms. The molecular weight excluding hydrogens is 405 g/mol. The van der Waals surface area contributed by atoms with Gasteiger partial charge in [-0.1, -0.05) is 5.16 Å². The molecule has 1 atom stereocenters. The number of halogens is 1. The fraction of sp³-hybridized carbons (Fsp3) is 0.429. The summed E-state index contributed by atoms with van der Waals surface area (Å²) in [5.41, 5.74) is 0.00840. The van der Waals surface area contributed by atoms with Crippen LogP contribution in [0, 0.1) is 5.82 Å². The first-order valence-corrected chi connectivity index (χ1v) is 10.2. The quantitative estimate of drug-likeness (QED) is 0.522. The van der Waals surface area contributed by atoms with Crippen LogP contribution in [0.15, 0.2) is 33.8 Å². The first-order chi connectivity index (χ1) is 14.9. The molecule has 4 aromatic rings. The van der Waals surface area contributed by atoms with Gasteiger partial charge in [-0.3, -0.25) is 13.8 Å². The van der Waals surface area contributed by atoms with Crippen LogP contribution in [0.4, 0.5) is 4.39 Å². The third-order valence-corrected chi connectivity index (χ3v) is 5.96. The standard InChI is InChI=1S/C21H22FN5O4/c1-12(10-30-2)27-15-9-13(22)5-6-14(15)26-11-23-16(17(26)19(27)28)18-24-20(31-25-18)21(29)7-3-4-8-21/h5-6,9,11-12,29H,3-4,7-8,10H2,1-2H3. The molecule has 3 heterocycles. The van der Waals surface area contributed by atoms with Gasteiger partial charge in [-0.2, -0.15) is 4.98 Å². The number of fused-ring (bicyclic) bond motifs is 3. The van der Waals surface area contributed by atoms with Gasteiger partial charge in [0.15, 0.2) is 0 Å². The molecule has 0 bridgehead atoms. The molecular formula is C21H22FN5O4. The number of ether oxygens (including phenoxy) is 1. The van der Waals surface area contributed by atoms with Gasteiger partial charge in [-0.25, -0.2) is 9.37 Å². The largest absolute Gasteiger partial charge is 0.383 e. The van der Waals surface area contributed by atoms with Crippen LogP contribution >= 0.6 is 0 Å². The minimum atomic E-state index is -1.14. The van der Waals surface area contributed by atoms with Crippen LogP contribution in [0.1, 0.15) is 44.5 Å². The van der Waals surface area contributed by atoms with Gasteiger partial charge in [0.1, 0.15) is 29.0 Å². The number of rotatable bonds is 5. The Morgan fingerprint density at radius 2 is 2.10 bits per heavy atom. The number of aromatic nitrogens is 5. The van der Waals surface area contributed by atoms with Gasteiger partial charge in [0, 0.05) is 7.11 Å². The van der Waals surface area contributed by atoms with Crippen molar-refractivity contribution >= 4 is 16.6 Å². The average molecular weight is 427 g/mol. The van der Waals surface area contributed by atoms with Crippen LogP contribution in [-0.2, 0) is 10.3 Å². The summed E-state index contributed by atoms with van der Waals surface area (Å²) < 4.78 is 27.7. The summed E-state index contributed by atoms with van der Waals surface area (Å²) >= 11 is 0. The van der Waals surface area contributed by atoms with Crippen molar-refractivity contribution in [3.05, 3.63) is 46.6 Å². The first-order valence-electron chi connectivity index (χ1n) is 10.2. The Balaban J connectivity index is 1.75. The maximum Gasteiger partial charge on any atom is 0.278 e. The summed E-state index contributed by atoms with van der Waals surface area (Å²) in [6, 6.07) is 3.90. The highest BCUT2D eigenvalue weighted by molar-refractivity contribution is 5.83. The van der Waals surface area contributed by atoms with Crippen LogP contribution in [0.2, 0.25) is 0 Å². The van der Waals surface area contributed by atoms with E-state index in [-0.39, 0.29) is 41.1 Å². The number of hydrogen-bond donors (Lipinski definition) is 1. The first kappa shape index (κ1) is 19.8. The van der Waals surface area contributed by atoms with Crippen LogP contribution in [0.25, 0.3) is 28.1 Å². The van der Waals surface area contributed by atoms with Crippen molar-refractivity contribution in [1.29, 1.82) is 0 Å². The number of nitrogens with zero attached hydrogens (tertiary/aromatic N) is 5. The van der Waals surface area contributed by atoms with Gasteiger partial charge in [-0.05, 0) is 50.8 Å². The van der Waals surface area contributed by atoms with Gasteiger partial charge in [0.05, 0.1) is 23.7 Å². The van der Waals surface area contributed by atoms with E-state index in [9.17, 15) is 14.3 Å². The molecule has 0 aliphatic heterocycles. The van der Waals surface area contributed by atoms with E-state index in [0.717, 1.165) is 12.8 Å². The van der Waals surface area contributed by atoms with Crippen molar-refractivity contribution in [1.82, 2.24) is 24.1 Å². The minimum absolute atomic E-state index is 0.127. The lowest BCUT2D eigenvalue weighted by atomic mass is 10.0. The molecule has 1 aliphatic carbocycles. The van der Waals surface area contributed by atoms with Crippen LogP contribution < -0.4 is 5.56 Å². The Morgan fingerprint density at radius 1 is 1.32 bits per heavy atom. The Morgan fingerprint density at radius 3 is 2.84 bits per heavy atom. The van der Waals surface area contributed by atoms with Crippen molar-refractivity contribution in [2.45, 2.75) is 44.2 Å². The monoisotopic (exact) mass is 427 g/mol. The van der Waals surface area contributed by atoms with E-state index in [1.807, 2.05) is 6.92 Å². The van der Waals surface area contributed by atoms with Gasteiger partial charge < -0.3 is 14.4 Å². The number of benzene rings is 1. The Hall–Kier alpha value is -3.11. The molecule has 0 saturated heterocycles. The summed E-state index contributed by atoms with van der Waals surface area (Å²) in [4.78, 5) is 22.3. The Bertz CT molecular complexity index is 1340. The van der Waals surface area contributed by atoms with Crippen molar-refractivity contribution in [3.63, 3.8) is 0 Å². The third kappa shape index (κ3) is 3.05. The van der Waals surface area contributed by atoms with Crippen LogP contribution in [-0.4, -0.2) is 42.9 Å². The lowest BCUT2D eigenvalue weighted by Crippen LogP contribution is -2.28. The predicted octanol–water partition coefficient (Wildman–Crippen LogP) is 2.81. The van der Waals surface area contributed by atoms with Crippen molar-refractivity contribution < 1.29 is 18.8 Å². The van der Waals surface area contributed by atoms with E-state index in [0.29, 0.717) is 23.9 Å². The third-order valence-electron chi connectivity index (χ3n) is 5.96. The average Bonchev–Trinajstić information content (AvgIpc) is 3.47. The maximum absolute atomic E-state index is 14.0. The number of aliphatic hydroxyl groups is 1. The highest BCUT2D eigenvalue weighted by Crippen LogP contribution is 2.38. The smallest absolute Gasteiger partial charge is 0.278 e. The molecule has 162 valence electrons. The van der Waals surface area contributed by atoms with Crippen LogP contribution in [0.3, 0.4) is 0 Å². The number of imidazole rings is 1. The lowest BCUT2D eigenvalue weighted by Gasteiger charge is -2.18. The highest BCUT2D eigenvalue weighted by Gasteiger charge is 2.39. The Labute approximate surface area is 176 Å². The van der Waals surface area contributed by atoms with E-state index in [2.05, 4.69) is 15.1 Å². The molecule has 0 amide bonds. The van der Waals surface area contributed by atoms with Crippen molar-refractivity contribution in [2.24, 2.45) is 0 Å². The molecule has 1 fully saturated rings. The second-order valence-electron chi connectivity index (χ2n) is 8.09. The molecule has 10 heteroatoms. The van der Waals surface area contributed by atoms with Crippen LogP contribution in [0.5, 0.6) is 0 Å².